The van der Waals surface area contributed by atoms with Gasteiger partial charge < -0.3 is 14.6 Å². The van der Waals surface area contributed by atoms with Gasteiger partial charge in [-0.05, 0) is 93.6 Å². The van der Waals surface area contributed by atoms with E-state index < -0.39 is 0 Å². The lowest BCUT2D eigenvalue weighted by Gasteiger charge is -2.12. The molecular weight excluding hydrogens is 594 g/mol. The van der Waals surface area contributed by atoms with E-state index in [1.165, 1.54) is 4.68 Å². The van der Waals surface area contributed by atoms with Crippen LogP contribution in [0.5, 0.6) is 5.75 Å². The number of ether oxygens (including phenoxy) is 1. The van der Waals surface area contributed by atoms with Crippen LogP contribution in [0.15, 0.2) is 87.2 Å². The van der Waals surface area contributed by atoms with Gasteiger partial charge in [-0.15, -0.1) is 0 Å². The molecule has 5 rings (SSSR count). The summed E-state index contributed by atoms with van der Waals surface area (Å²) in [5.74, 6) is 0.808. The molecule has 0 bridgehead atoms. The SMILES string of the molecule is Cc1cc(C=Nn2c(C)nc3ccc(Br)cc3c2=O)c(C)n1-c1ccc(OCC(=O)Nc2ccc(Cl)cc2)cc1. The number of aromatic nitrogens is 3. The Bertz CT molecular complexity index is 1810. The number of rotatable bonds is 7. The van der Waals surface area contributed by atoms with E-state index in [0.717, 1.165) is 27.1 Å². The van der Waals surface area contributed by atoms with Crippen molar-refractivity contribution in [2.24, 2.45) is 5.10 Å². The van der Waals surface area contributed by atoms with Gasteiger partial charge in [0.15, 0.2) is 6.61 Å². The summed E-state index contributed by atoms with van der Waals surface area (Å²) < 4.78 is 9.87. The van der Waals surface area contributed by atoms with Crippen LogP contribution >= 0.6 is 27.5 Å². The second-order valence-electron chi connectivity index (χ2n) is 9.18. The van der Waals surface area contributed by atoms with Crippen molar-refractivity contribution < 1.29 is 9.53 Å². The Kier molecular flexibility index (Phi) is 7.86. The highest BCUT2D eigenvalue weighted by Gasteiger charge is 2.12. The molecule has 0 aliphatic carbocycles. The summed E-state index contributed by atoms with van der Waals surface area (Å²) in [7, 11) is 0. The van der Waals surface area contributed by atoms with Gasteiger partial charge in [0.2, 0.25) is 0 Å². The van der Waals surface area contributed by atoms with Gasteiger partial charge >= 0.3 is 0 Å². The number of benzene rings is 3. The second kappa shape index (κ2) is 11.5. The number of halogens is 2. The number of hydrogen-bond acceptors (Lipinski definition) is 5. The lowest BCUT2D eigenvalue weighted by Crippen LogP contribution is -2.20. The highest BCUT2D eigenvalue weighted by atomic mass is 79.9. The third-order valence-corrected chi connectivity index (χ3v) is 7.09. The van der Waals surface area contributed by atoms with Crippen LogP contribution in [-0.2, 0) is 4.79 Å². The first-order valence-corrected chi connectivity index (χ1v) is 13.6. The monoisotopic (exact) mass is 617 g/mol. The highest BCUT2D eigenvalue weighted by Crippen LogP contribution is 2.23. The lowest BCUT2D eigenvalue weighted by atomic mass is 10.2. The fraction of sp³-hybridized carbons (Fsp3) is 0.133. The summed E-state index contributed by atoms with van der Waals surface area (Å²) >= 11 is 9.29. The van der Waals surface area contributed by atoms with E-state index in [1.54, 1.807) is 43.5 Å². The highest BCUT2D eigenvalue weighted by molar-refractivity contribution is 9.10. The topological polar surface area (TPSA) is 90.5 Å². The largest absolute Gasteiger partial charge is 0.484 e. The molecule has 3 aromatic carbocycles. The summed E-state index contributed by atoms with van der Waals surface area (Å²) in [6, 6.07) is 21.8. The minimum absolute atomic E-state index is 0.121. The van der Waals surface area contributed by atoms with Crippen LogP contribution in [0.4, 0.5) is 5.69 Å². The van der Waals surface area contributed by atoms with Gasteiger partial charge in [0, 0.05) is 37.8 Å². The van der Waals surface area contributed by atoms with Crippen LogP contribution in [0, 0.1) is 20.8 Å². The number of aryl methyl sites for hydroxylation is 2. The molecule has 0 spiro atoms. The predicted molar refractivity (Wildman–Crippen MR) is 162 cm³/mol. The normalized spacial score (nSPS) is 11.3. The Hall–Kier alpha value is -4.21. The molecule has 202 valence electrons. The van der Waals surface area contributed by atoms with Crippen LogP contribution in [0.1, 0.15) is 22.8 Å². The number of amides is 1. The van der Waals surface area contributed by atoms with Gasteiger partial charge in [-0.1, -0.05) is 27.5 Å². The van der Waals surface area contributed by atoms with Gasteiger partial charge in [0.1, 0.15) is 11.6 Å². The van der Waals surface area contributed by atoms with E-state index >= 15 is 0 Å². The number of carbonyl (C=O) groups excluding carboxylic acids is 1. The molecule has 40 heavy (non-hydrogen) atoms. The van der Waals surface area contributed by atoms with Gasteiger partial charge in [-0.2, -0.15) is 9.78 Å². The second-order valence-corrected chi connectivity index (χ2v) is 10.5. The van der Waals surface area contributed by atoms with E-state index in [1.807, 2.05) is 56.3 Å². The van der Waals surface area contributed by atoms with Crippen molar-refractivity contribution >= 4 is 56.2 Å². The molecule has 0 fully saturated rings. The summed E-state index contributed by atoms with van der Waals surface area (Å²) in [4.78, 5) is 29.8. The van der Waals surface area contributed by atoms with E-state index in [4.69, 9.17) is 16.3 Å². The molecule has 8 nitrogen and oxygen atoms in total. The fourth-order valence-corrected chi connectivity index (χ4v) is 4.89. The number of carbonyl (C=O) groups is 1. The van der Waals surface area contributed by atoms with Crippen molar-refractivity contribution in [3.8, 4) is 11.4 Å². The average molecular weight is 619 g/mol. The third kappa shape index (κ3) is 5.85. The molecule has 0 aliphatic rings. The molecule has 1 N–H and O–H groups in total. The zero-order chi connectivity index (χ0) is 28.4. The van der Waals surface area contributed by atoms with Crippen molar-refractivity contribution in [2.45, 2.75) is 20.8 Å². The van der Waals surface area contributed by atoms with Crippen molar-refractivity contribution in [3.63, 3.8) is 0 Å². The average Bonchev–Trinajstić information content (AvgIpc) is 3.22. The Morgan fingerprint density at radius 2 is 1.77 bits per heavy atom. The summed E-state index contributed by atoms with van der Waals surface area (Å²) in [5, 5.41) is 8.34. The number of nitrogens with one attached hydrogen (secondary N) is 1. The van der Waals surface area contributed by atoms with Crippen LogP contribution in [-0.4, -0.2) is 33.0 Å². The first-order chi connectivity index (χ1) is 19.2. The van der Waals surface area contributed by atoms with E-state index in [-0.39, 0.29) is 18.1 Å². The molecule has 0 atom stereocenters. The Labute approximate surface area is 244 Å². The zero-order valence-corrected chi connectivity index (χ0v) is 24.3. The summed E-state index contributed by atoms with van der Waals surface area (Å²) in [6.07, 6.45) is 1.68. The van der Waals surface area contributed by atoms with Crippen molar-refractivity contribution in [2.75, 3.05) is 11.9 Å². The summed E-state index contributed by atoms with van der Waals surface area (Å²) in [6.45, 7) is 5.63. The van der Waals surface area contributed by atoms with Crippen molar-refractivity contribution in [1.82, 2.24) is 14.2 Å². The standard InChI is InChI=1S/C30H25BrClN5O3/c1-18-14-21(16-33-37-20(3)34-28-13-4-22(31)15-27(28)30(37)39)19(2)36(18)25-9-11-26(12-10-25)40-17-29(38)35-24-7-5-23(32)6-8-24/h4-16H,17H2,1-3H3,(H,35,38). The van der Waals surface area contributed by atoms with Crippen molar-refractivity contribution in [1.29, 1.82) is 0 Å². The lowest BCUT2D eigenvalue weighted by molar-refractivity contribution is -0.118. The first-order valence-electron chi connectivity index (χ1n) is 12.4. The Morgan fingerprint density at radius 1 is 1.05 bits per heavy atom. The number of nitrogens with zero attached hydrogens (tertiary/aromatic N) is 4. The van der Waals surface area contributed by atoms with E-state index in [9.17, 15) is 9.59 Å². The molecule has 0 radical (unpaired) electrons. The van der Waals surface area contributed by atoms with E-state index in [2.05, 4.69) is 35.9 Å². The molecule has 0 saturated carbocycles. The maximum atomic E-state index is 13.1. The minimum Gasteiger partial charge on any atom is -0.484 e. The number of anilines is 1. The molecule has 10 heteroatoms. The molecule has 0 aliphatic heterocycles. The molecule has 2 aromatic heterocycles. The maximum absolute atomic E-state index is 13.1. The zero-order valence-electron chi connectivity index (χ0n) is 22.0. The molecule has 1 amide bonds. The van der Waals surface area contributed by atoms with E-state index in [0.29, 0.717) is 33.2 Å². The number of fused-ring (bicyclic) bond motifs is 1. The number of hydrogen-bond donors (Lipinski definition) is 1. The molecule has 0 saturated heterocycles. The van der Waals surface area contributed by atoms with Gasteiger partial charge in [0.05, 0.1) is 17.1 Å². The Balaban J connectivity index is 1.31. The predicted octanol–water partition coefficient (Wildman–Crippen LogP) is 6.43. The van der Waals surface area contributed by atoms with Crippen LogP contribution in [0.2, 0.25) is 5.02 Å². The Morgan fingerprint density at radius 3 is 2.50 bits per heavy atom. The summed E-state index contributed by atoms with van der Waals surface area (Å²) in [5.41, 5.74) is 4.81. The smallest absolute Gasteiger partial charge is 0.282 e. The van der Waals surface area contributed by atoms with Gasteiger partial charge in [-0.25, -0.2) is 4.98 Å². The third-order valence-electron chi connectivity index (χ3n) is 6.35. The van der Waals surface area contributed by atoms with Gasteiger partial charge in [0.25, 0.3) is 11.5 Å². The molecule has 5 aromatic rings. The van der Waals surface area contributed by atoms with Gasteiger partial charge in [-0.3, -0.25) is 9.59 Å². The van der Waals surface area contributed by atoms with Crippen molar-refractivity contribution in [3.05, 3.63) is 115 Å². The molecular formula is C30H25BrClN5O3. The fourth-order valence-electron chi connectivity index (χ4n) is 4.40. The van der Waals surface area contributed by atoms with Crippen LogP contribution in [0.3, 0.4) is 0 Å². The first kappa shape index (κ1) is 27.4. The van der Waals surface area contributed by atoms with Crippen LogP contribution < -0.4 is 15.6 Å². The minimum atomic E-state index is -0.268. The maximum Gasteiger partial charge on any atom is 0.282 e. The van der Waals surface area contributed by atoms with Crippen LogP contribution in [0.25, 0.3) is 16.6 Å². The molecule has 0 unspecified atom stereocenters. The molecule has 2 heterocycles. The quantitative estimate of drug-likeness (QED) is 0.213.